The summed E-state index contributed by atoms with van der Waals surface area (Å²) in [5, 5.41) is 1.82. The van der Waals surface area contributed by atoms with Gasteiger partial charge in [0.15, 0.2) is 0 Å². The van der Waals surface area contributed by atoms with E-state index in [1.165, 1.54) is 0 Å². The monoisotopic (exact) mass is 211 g/mol. The molecule has 84 valence electrons. The fraction of sp³-hybridized carbons (Fsp3) is 0.778. The van der Waals surface area contributed by atoms with Crippen LogP contribution in [0.3, 0.4) is 0 Å². The van der Waals surface area contributed by atoms with Crippen LogP contribution in [0.25, 0.3) is 0 Å². The molecule has 2 heterocycles. The molecule has 2 rings (SSSR count). The van der Waals surface area contributed by atoms with Crippen molar-refractivity contribution in [2.45, 2.75) is 38.9 Å². The van der Waals surface area contributed by atoms with Gasteiger partial charge < -0.3 is 19.7 Å². The van der Waals surface area contributed by atoms with Gasteiger partial charge in [-0.2, -0.15) is 0 Å². The summed E-state index contributed by atoms with van der Waals surface area (Å²) in [5.41, 5.74) is 6.26. The van der Waals surface area contributed by atoms with E-state index in [0.717, 1.165) is 5.60 Å². The Balaban J connectivity index is 2.13. The molecular weight excluding hydrogens is 193 g/mol. The molecule has 0 amide bonds. The molecule has 0 aliphatic carbocycles. The molecule has 0 aromatic carbocycles. The second kappa shape index (κ2) is 3.14. The van der Waals surface area contributed by atoms with E-state index in [1.54, 1.807) is 0 Å². The molecule has 0 unspecified atom stereocenters. The van der Waals surface area contributed by atoms with Gasteiger partial charge in [0, 0.05) is 13.2 Å². The molecule has 0 radical (unpaired) electrons. The molecule has 6 heteroatoms. The zero-order valence-corrected chi connectivity index (χ0v) is 9.92. The summed E-state index contributed by atoms with van der Waals surface area (Å²) in [4.78, 5) is 0. The third kappa shape index (κ3) is 1.73. The minimum atomic E-state index is -0.326. The van der Waals surface area contributed by atoms with E-state index in [4.69, 9.17) is 9.31 Å². The predicted octanol–water partition coefficient (Wildman–Crippen LogP) is 0.414. The molecule has 0 saturated carbocycles. The summed E-state index contributed by atoms with van der Waals surface area (Å²) in [6.07, 6.45) is 1.92. The van der Waals surface area contributed by atoms with Crippen LogP contribution in [0.5, 0.6) is 0 Å². The Kier molecular flexibility index (Phi) is 2.26. The van der Waals surface area contributed by atoms with Crippen LogP contribution in [-0.2, 0) is 9.31 Å². The van der Waals surface area contributed by atoms with Crippen LogP contribution < -0.4 is 11.0 Å². The average Bonchev–Trinajstić information content (AvgIpc) is 2.56. The quantitative estimate of drug-likeness (QED) is 0.615. The largest absolute Gasteiger partial charge is 0.514 e. The SMILES string of the molecule is CN1C=C(B2OC(C)(C)C(C)(C)O2)NN1. The van der Waals surface area contributed by atoms with Crippen molar-refractivity contribution in [3.63, 3.8) is 0 Å². The van der Waals surface area contributed by atoms with Crippen molar-refractivity contribution in [2.24, 2.45) is 0 Å². The average molecular weight is 211 g/mol. The van der Waals surface area contributed by atoms with Gasteiger partial charge in [-0.05, 0) is 27.7 Å². The second-order valence-corrected chi connectivity index (χ2v) is 5.02. The number of hydrogen-bond donors (Lipinski definition) is 2. The number of hydrogen-bond acceptors (Lipinski definition) is 5. The van der Waals surface area contributed by atoms with E-state index in [-0.39, 0.29) is 18.3 Å². The van der Waals surface area contributed by atoms with Gasteiger partial charge in [0.1, 0.15) is 0 Å². The number of hydrazine groups is 2. The normalized spacial score (nSPS) is 27.9. The minimum Gasteiger partial charge on any atom is -0.398 e. The van der Waals surface area contributed by atoms with Crippen molar-refractivity contribution < 1.29 is 9.31 Å². The molecule has 0 spiro atoms. The van der Waals surface area contributed by atoms with Gasteiger partial charge in [0.2, 0.25) is 0 Å². The molecule has 0 aromatic heterocycles. The third-order valence-corrected chi connectivity index (χ3v) is 3.22. The lowest BCUT2D eigenvalue weighted by molar-refractivity contribution is 0.00578. The Bertz CT molecular complexity index is 288. The third-order valence-electron chi connectivity index (χ3n) is 3.22. The summed E-state index contributed by atoms with van der Waals surface area (Å²) >= 11 is 0. The molecule has 2 N–H and O–H groups in total. The molecule has 2 aliphatic rings. The molecule has 2 aliphatic heterocycles. The van der Waals surface area contributed by atoms with Crippen molar-refractivity contribution in [2.75, 3.05) is 7.05 Å². The molecule has 0 atom stereocenters. The van der Waals surface area contributed by atoms with E-state index < -0.39 is 0 Å². The maximum atomic E-state index is 5.88. The minimum absolute atomic E-state index is 0.290. The van der Waals surface area contributed by atoms with E-state index in [0.29, 0.717) is 0 Å². The first-order valence-electron chi connectivity index (χ1n) is 5.14. The summed E-state index contributed by atoms with van der Waals surface area (Å²) in [6, 6.07) is 0. The molecule has 5 nitrogen and oxygen atoms in total. The van der Waals surface area contributed by atoms with Crippen LogP contribution in [-0.4, -0.2) is 30.4 Å². The van der Waals surface area contributed by atoms with Gasteiger partial charge >= 0.3 is 7.12 Å². The fourth-order valence-corrected chi connectivity index (χ4v) is 1.52. The molecule has 0 bridgehead atoms. The van der Waals surface area contributed by atoms with Crippen molar-refractivity contribution in [3.05, 3.63) is 11.8 Å². The van der Waals surface area contributed by atoms with Crippen LogP contribution >= 0.6 is 0 Å². The highest BCUT2D eigenvalue weighted by molar-refractivity contribution is 6.54. The van der Waals surface area contributed by atoms with Gasteiger partial charge in [-0.1, -0.05) is 0 Å². The van der Waals surface area contributed by atoms with Crippen LogP contribution in [0, 0.1) is 0 Å². The van der Waals surface area contributed by atoms with Crippen molar-refractivity contribution >= 4 is 7.12 Å². The van der Waals surface area contributed by atoms with Crippen LogP contribution in [0.4, 0.5) is 0 Å². The zero-order valence-electron chi connectivity index (χ0n) is 9.92. The molecule has 0 aromatic rings. The highest BCUT2D eigenvalue weighted by Gasteiger charge is 2.53. The van der Waals surface area contributed by atoms with E-state index >= 15 is 0 Å². The lowest BCUT2D eigenvalue weighted by atomic mass is 9.85. The fourth-order valence-electron chi connectivity index (χ4n) is 1.52. The van der Waals surface area contributed by atoms with Gasteiger partial charge in [-0.3, -0.25) is 0 Å². The lowest BCUT2D eigenvalue weighted by Gasteiger charge is -2.32. The van der Waals surface area contributed by atoms with E-state index in [2.05, 4.69) is 11.0 Å². The van der Waals surface area contributed by atoms with Crippen molar-refractivity contribution in [3.8, 4) is 0 Å². The second-order valence-electron chi connectivity index (χ2n) is 5.02. The Morgan fingerprint density at radius 3 is 2.13 bits per heavy atom. The smallest absolute Gasteiger partial charge is 0.398 e. The van der Waals surface area contributed by atoms with E-state index in [1.807, 2.05) is 46.0 Å². The number of rotatable bonds is 1. The summed E-state index contributed by atoms with van der Waals surface area (Å²) in [5.74, 6) is 0. The highest BCUT2D eigenvalue weighted by Crippen LogP contribution is 2.38. The lowest BCUT2D eigenvalue weighted by Crippen LogP contribution is -2.41. The Morgan fingerprint density at radius 2 is 1.73 bits per heavy atom. The van der Waals surface area contributed by atoms with Gasteiger partial charge in [-0.25, -0.2) is 0 Å². The first-order valence-corrected chi connectivity index (χ1v) is 5.14. The van der Waals surface area contributed by atoms with Crippen LogP contribution in [0.1, 0.15) is 27.7 Å². The predicted molar refractivity (Wildman–Crippen MR) is 58.2 cm³/mol. The van der Waals surface area contributed by atoms with Crippen LogP contribution in [0.15, 0.2) is 11.8 Å². The molecule has 1 fully saturated rings. The van der Waals surface area contributed by atoms with Gasteiger partial charge in [0.05, 0.1) is 16.8 Å². The first-order chi connectivity index (χ1) is 6.82. The Labute approximate surface area is 90.9 Å². The Morgan fingerprint density at radius 1 is 1.20 bits per heavy atom. The zero-order chi connectivity index (χ0) is 11.3. The summed E-state index contributed by atoms with van der Waals surface area (Å²) in [6.45, 7) is 8.17. The summed E-state index contributed by atoms with van der Waals surface area (Å²) in [7, 11) is 1.58. The topological polar surface area (TPSA) is 45.8 Å². The number of nitrogens with one attached hydrogen (secondary N) is 2. The van der Waals surface area contributed by atoms with Crippen LogP contribution in [0.2, 0.25) is 0 Å². The maximum Gasteiger partial charge on any atom is 0.514 e. The van der Waals surface area contributed by atoms with Crippen molar-refractivity contribution in [1.29, 1.82) is 0 Å². The van der Waals surface area contributed by atoms with Crippen molar-refractivity contribution in [1.82, 2.24) is 16.0 Å². The summed E-state index contributed by atoms with van der Waals surface area (Å²) < 4.78 is 11.8. The standard InChI is InChI=1S/C9H18BN3O2/c1-8(2)9(3,4)15-10(14-8)7-6-13(5)12-11-7/h6,11-12H,1-5H3. The molecule has 1 saturated heterocycles. The highest BCUT2D eigenvalue weighted by atomic mass is 16.7. The molecule has 15 heavy (non-hydrogen) atoms. The number of nitrogens with zero attached hydrogens (tertiary/aromatic N) is 1. The molecular formula is C9H18BN3O2. The van der Waals surface area contributed by atoms with E-state index in [9.17, 15) is 0 Å². The van der Waals surface area contributed by atoms with Gasteiger partial charge in [0.25, 0.3) is 0 Å². The first kappa shape index (κ1) is 10.8. The Hall–Kier alpha value is -0.715. The van der Waals surface area contributed by atoms with Gasteiger partial charge in [-0.15, -0.1) is 5.53 Å². The maximum absolute atomic E-state index is 5.88.